The fourth-order valence-electron chi connectivity index (χ4n) is 2.58. The van der Waals surface area contributed by atoms with E-state index in [1.54, 1.807) is 7.05 Å². The van der Waals surface area contributed by atoms with Gasteiger partial charge in [-0.05, 0) is 26.7 Å². The predicted octanol–water partition coefficient (Wildman–Crippen LogP) is 3.61. The van der Waals surface area contributed by atoms with E-state index in [0.29, 0.717) is 0 Å². The molecule has 0 saturated heterocycles. The number of ether oxygens (including phenoxy) is 2. The molecular formula is C21H32N2O4. The number of carbonyl (C=O) groups is 1. The Morgan fingerprint density at radius 3 is 2.52 bits per heavy atom. The second-order valence-electron chi connectivity index (χ2n) is 6.65. The Kier molecular flexibility index (Phi) is 9.58. The number of amidine groups is 1. The van der Waals surface area contributed by atoms with Gasteiger partial charge in [0.2, 0.25) is 5.88 Å². The van der Waals surface area contributed by atoms with Gasteiger partial charge in [-0.15, -0.1) is 0 Å². The molecule has 150 valence electrons. The van der Waals surface area contributed by atoms with Gasteiger partial charge in [-0.25, -0.2) is 9.79 Å². The summed E-state index contributed by atoms with van der Waals surface area (Å²) < 4.78 is 11.4. The lowest BCUT2D eigenvalue weighted by atomic mass is 9.83. The zero-order valence-corrected chi connectivity index (χ0v) is 17.0. The third-order valence-electron chi connectivity index (χ3n) is 4.36. The van der Waals surface area contributed by atoms with Crippen molar-refractivity contribution in [3.8, 4) is 0 Å². The van der Waals surface area contributed by atoms with Crippen LogP contribution in [0.25, 0.3) is 0 Å². The highest BCUT2D eigenvalue weighted by Gasteiger charge is 2.33. The number of aliphatic hydroxyl groups is 1. The molecule has 0 heterocycles. The van der Waals surface area contributed by atoms with Crippen LogP contribution in [-0.4, -0.2) is 36.9 Å². The van der Waals surface area contributed by atoms with E-state index in [1.807, 2.05) is 26.0 Å². The Labute approximate surface area is 162 Å². The number of allylic oxidation sites excluding steroid dienone is 3. The number of aliphatic hydroxyl groups excluding tert-OH is 1. The summed E-state index contributed by atoms with van der Waals surface area (Å²) in [5, 5.41) is 12.1. The molecule has 1 aliphatic rings. The van der Waals surface area contributed by atoms with Crippen LogP contribution in [0.5, 0.6) is 0 Å². The number of hydrogen-bond acceptors (Lipinski definition) is 5. The maximum Gasteiger partial charge on any atom is 0.337 e. The fourth-order valence-corrected chi connectivity index (χ4v) is 2.58. The molecule has 0 aromatic rings. The van der Waals surface area contributed by atoms with Crippen LogP contribution >= 0.6 is 0 Å². The molecule has 0 bridgehead atoms. The first-order valence-electron chi connectivity index (χ1n) is 9.36. The van der Waals surface area contributed by atoms with Crippen molar-refractivity contribution in [1.82, 2.24) is 5.32 Å². The van der Waals surface area contributed by atoms with Crippen molar-refractivity contribution in [3.63, 3.8) is 0 Å². The lowest BCUT2D eigenvalue weighted by Gasteiger charge is -2.32. The van der Waals surface area contributed by atoms with Crippen molar-refractivity contribution >= 4 is 12.0 Å². The Bertz CT molecular complexity index is 633. The van der Waals surface area contributed by atoms with E-state index >= 15 is 0 Å². The zero-order valence-electron chi connectivity index (χ0n) is 17.0. The Balaban J connectivity index is 2.86. The number of nitrogens with one attached hydrogen (secondary N) is 1. The summed E-state index contributed by atoms with van der Waals surface area (Å²) in [6.07, 6.45) is 13.4. The van der Waals surface area contributed by atoms with Gasteiger partial charge < -0.3 is 14.6 Å². The smallest absolute Gasteiger partial charge is 0.337 e. The van der Waals surface area contributed by atoms with Crippen molar-refractivity contribution in [2.24, 2.45) is 10.4 Å². The van der Waals surface area contributed by atoms with Crippen LogP contribution in [0.4, 0.5) is 0 Å². The average molecular weight is 376 g/mol. The SMILES string of the molecule is CCCC(OC(=NC)N/C(=C\CO)OC(=O)/C=C(\C)CC)C1(C)C=CC=C1. The summed E-state index contributed by atoms with van der Waals surface area (Å²) >= 11 is 0. The summed E-state index contributed by atoms with van der Waals surface area (Å²) in [7, 11) is 1.59. The minimum atomic E-state index is -0.518. The van der Waals surface area contributed by atoms with E-state index in [9.17, 15) is 9.90 Å². The second-order valence-corrected chi connectivity index (χ2v) is 6.65. The van der Waals surface area contributed by atoms with Gasteiger partial charge in [-0.1, -0.05) is 50.1 Å². The summed E-state index contributed by atoms with van der Waals surface area (Å²) in [5.41, 5.74) is 0.672. The van der Waals surface area contributed by atoms with Crippen LogP contribution in [0, 0.1) is 5.41 Å². The molecule has 0 saturated carbocycles. The Morgan fingerprint density at radius 1 is 1.33 bits per heavy atom. The quantitative estimate of drug-likeness (QED) is 0.211. The van der Waals surface area contributed by atoms with E-state index in [1.165, 1.54) is 12.2 Å². The molecule has 0 fully saturated rings. The molecule has 6 heteroatoms. The number of rotatable bonds is 9. The third-order valence-corrected chi connectivity index (χ3v) is 4.36. The van der Waals surface area contributed by atoms with Crippen molar-refractivity contribution in [1.29, 1.82) is 0 Å². The second kappa shape index (κ2) is 11.4. The van der Waals surface area contributed by atoms with E-state index < -0.39 is 5.97 Å². The summed E-state index contributed by atoms with van der Waals surface area (Å²) in [6, 6.07) is 0.229. The van der Waals surface area contributed by atoms with Gasteiger partial charge in [0.05, 0.1) is 6.61 Å². The number of hydrogen-bond donors (Lipinski definition) is 2. The molecule has 1 aliphatic carbocycles. The van der Waals surface area contributed by atoms with Crippen LogP contribution < -0.4 is 5.32 Å². The monoisotopic (exact) mass is 376 g/mol. The van der Waals surface area contributed by atoms with Gasteiger partial charge in [-0.2, -0.15) is 0 Å². The minimum absolute atomic E-state index is 0.0844. The first kappa shape index (κ1) is 22.7. The summed E-state index contributed by atoms with van der Waals surface area (Å²) in [4.78, 5) is 16.1. The van der Waals surface area contributed by atoms with Crippen LogP contribution in [0.1, 0.15) is 47.0 Å². The first-order chi connectivity index (χ1) is 12.9. The molecule has 0 radical (unpaired) electrons. The van der Waals surface area contributed by atoms with Crippen molar-refractivity contribution in [2.75, 3.05) is 13.7 Å². The highest BCUT2D eigenvalue weighted by Crippen LogP contribution is 2.34. The molecule has 0 aromatic heterocycles. The zero-order chi connectivity index (χ0) is 20.3. The average Bonchev–Trinajstić information content (AvgIpc) is 3.08. The number of aliphatic imine (C=N–C) groups is 1. The third kappa shape index (κ3) is 7.43. The molecule has 1 atom stereocenters. The largest absolute Gasteiger partial charge is 0.460 e. The van der Waals surface area contributed by atoms with Gasteiger partial charge in [0.15, 0.2) is 0 Å². The lowest BCUT2D eigenvalue weighted by Crippen LogP contribution is -2.38. The van der Waals surface area contributed by atoms with Crippen molar-refractivity contribution in [3.05, 3.63) is 47.9 Å². The fraction of sp³-hybridized carbons (Fsp3) is 0.524. The molecule has 0 aliphatic heterocycles. The minimum Gasteiger partial charge on any atom is -0.460 e. The van der Waals surface area contributed by atoms with Gasteiger partial charge in [0.1, 0.15) is 6.10 Å². The van der Waals surface area contributed by atoms with E-state index in [0.717, 1.165) is 24.8 Å². The van der Waals surface area contributed by atoms with E-state index in [2.05, 4.69) is 36.3 Å². The molecule has 0 spiro atoms. The Morgan fingerprint density at radius 2 is 2.00 bits per heavy atom. The van der Waals surface area contributed by atoms with Crippen LogP contribution in [0.15, 0.2) is 52.9 Å². The number of nitrogens with zero attached hydrogens (tertiary/aromatic N) is 1. The normalized spacial score (nSPS) is 17.8. The van der Waals surface area contributed by atoms with Gasteiger partial charge in [0, 0.05) is 24.6 Å². The number of esters is 1. The highest BCUT2D eigenvalue weighted by atomic mass is 16.6. The maximum absolute atomic E-state index is 12.0. The van der Waals surface area contributed by atoms with Gasteiger partial charge in [0.25, 0.3) is 6.02 Å². The lowest BCUT2D eigenvalue weighted by molar-refractivity contribution is -0.134. The summed E-state index contributed by atoms with van der Waals surface area (Å²) in [5.74, 6) is -0.433. The Hall–Kier alpha value is -2.34. The van der Waals surface area contributed by atoms with Crippen LogP contribution in [0.3, 0.4) is 0 Å². The summed E-state index contributed by atoms with van der Waals surface area (Å²) in [6.45, 7) is 7.72. The maximum atomic E-state index is 12.0. The van der Waals surface area contributed by atoms with E-state index in [-0.39, 0.29) is 30.0 Å². The topological polar surface area (TPSA) is 80.2 Å². The predicted molar refractivity (Wildman–Crippen MR) is 108 cm³/mol. The van der Waals surface area contributed by atoms with E-state index in [4.69, 9.17) is 9.47 Å². The molecule has 0 aromatic carbocycles. The molecule has 1 unspecified atom stereocenters. The molecule has 2 N–H and O–H groups in total. The van der Waals surface area contributed by atoms with Gasteiger partial charge in [-0.3, -0.25) is 5.32 Å². The molecular weight excluding hydrogens is 344 g/mol. The first-order valence-corrected chi connectivity index (χ1v) is 9.36. The number of carbonyl (C=O) groups excluding carboxylic acids is 1. The van der Waals surface area contributed by atoms with Crippen LogP contribution in [-0.2, 0) is 14.3 Å². The highest BCUT2D eigenvalue weighted by molar-refractivity contribution is 5.84. The molecule has 1 rings (SSSR count). The molecule has 6 nitrogen and oxygen atoms in total. The van der Waals surface area contributed by atoms with Gasteiger partial charge >= 0.3 is 5.97 Å². The standard InChI is InChI=1S/C21H32N2O4/c1-6-10-17(21(4)12-8-9-13-21)26-20(22-5)23-18(11-14-24)27-19(25)15-16(3)7-2/h8-9,11-13,15,17,24H,6-7,10,14H2,1-5H3,(H,22,23)/b16-15+,18-11+. The molecule has 27 heavy (non-hydrogen) atoms. The molecule has 0 amide bonds. The van der Waals surface area contributed by atoms with Crippen LogP contribution in [0.2, 0.25) is 0 Å². The van der Waals surface area contributed by atoms with Crippen molar-refractivity contribution in [2.45, 2.75) is 53.1 Å². The van der Waals surface area contributed by atoms with Crippen molar-refractivity contribution < 1.29 is 19.4 Å².